The molecule has 0 amide bonds. The minimum atomic E-state index is -0.458. The third-order valence-corrected chi connectivity index (χ3v) is 5.64. The molecule has 14 heteroatoms. The molecule has 0 saturated carbocycles. The molecule has 0 fully saturated rings. The number of methoxy groups -OCH3 is 1. The Morgan fingerprint density at radius 1 is 1.12 bits per heavy atom. The van der Waals surface area contributed by atoms with Gasteiger partial charge in [0.15, 0.2) is 0 Å². The van der Waals surface area contributed by atoms with Gasteiger partial charge in [0, 0.05) is 39.4 Å². The number of anilines is 1. The summed E-state index contributed by atoms with van der Waals surface area (Å²) in [6.07, 6.45) is 2.94. The fraction of sp³-hybridized carbons (Fsp3) is 0.464. The zero-order valence-corrected chi connectivity index (χ0v) is 25.0. The summed E-state index contributed by atoms with van der Waals surface area (Å²) in [5.74, 6) is 6.51. The van der Waals surface area contributed by atoms with Crippen LogP contribution in [0.25, 0.3) is 5.70 Å². The van der Waals surface area contributed by atoms with Crippen molar-refractivity contribution in [2.75, 3.05) is 52.0 Å². The van der Waals surface area contributed by atoms with Crippen LogP contribution in [0.5, 0.6) is 5.75 Å². The molecule has 234 valence electrons. The standard InChI is InChI=1S/C24H36N6O4.C3H6O2.CH2O2/c1-5-7-14-29(15-16-33-4)22-13-12-21(27-20(22)6-2)24(25)23(28(3)26)17-34-19-10-8-18(9-11-19)30(31)32;1-2-5-3-4;2-1-3/h8-13H,5-7,14-17,25-26H2,1-4H3;3H,2H2,1H3;1H,(H,2,3)/b24-23-;;. The van der Waals surface area contributed by atoms with Crippen LogP contribution in [0, 0.1) is 10.1 Å². The van der Waals surface area contributed by atoms with Gasteiger partial charge < -0.3 is 35.0 Å². The van der Waals surface area contributed by atoms with E-state index < -0.39 is 4.92 Å². The highest BCUT2D eigenvalue weighted by molar-refractivity contribution is 5.65. The Hall–Kier alpha value is -4.43. The second-order valence-corrected chi connectivity index (χ2v) is 8.52. The number of aromatic nitrogens is 1. The third-order valence-electron chi connectivity index (χ3n) is 5.64. The quantitative estimate of drug-likeness (QED) is 0.111. The smallest absolute Gasteiger partial charge is 0.293 e. The molecule has 0 atom stereocenters. The summed E-state index contributed by atoms with van der Waals surface area (Å²) < 4.78 is 15.2. The highest BCUT2D eigenvalue weighted by Gasteiger charge is 2.16. The number of unbranched alkanes of at least 4 members (excludes halogenated alkanes) is 1. The molecule has 0 aliphatic carbocycles. The van der Waals surface area contributed by atoms with Crippen LogP contribution >= 0.6 is 0 Å². The second-order valence-electron chi connectivity index (χ2n) is 8.52. The number of nitro groups is 1. The van der Waals surface area contributed by atoms with Crippen molar-refractivity contribution in [1.29, 1.82) is 0 Å². The van der Waals surface area contributed by atoms with Crippen molar-refractivity contribution >= 4 is 30.0 Å². The number of benzene rings is 1. The topological polar surface area (TPSA) is 197 Å². The van der Waals surface area contributed by atoms with Gasteiger partial charge in [-0.3, -0.25) is 19.7 Å². The van der Waals surface area contributed by atoms with Gasteiger partial charge in [0.05, 0.1) is 46.6 Å². The van der Waals surface area contributed by atoms with Crippen molar-refractivity contribution in [1.82, 2.24) is 9.99 Å². The molecule has 1 aromatic heterocycles. The number of nitrogens with zero attached hydrogens (tertiary/aromatic N) is 4. The van der Waals surface area contributed by atoms with Crippen LogP contribution in [-0.4, -0.2) is 80.0 Å². The number of hydrogen-bond acceptors (Lipinski definition) is 12. The number of nitro benzene ring substituents is 1. The molecule has 0 saturated heterocycles. The van der Waals surface area contributed by atoms with Crippen LogP contribution in [0.1, 0.15) is 45.0 Å². The van der Waals surface area contributed by atoms with Crippen molar-refractivity contribution in [2.45, 2.75) is 40.0 Å². The number of carbonyl (C=O) groups excluding carboxylic acids is 1. The minimum absolute atomic E-state index is 0.00608. The zero-order valence-electron chi connectivity index (χ0n) is 25.0. The lowest BCUT2D eigenvalue weighted by Gasteiger charge is -2.27. The molecule has 2 aromatic rings. The first-order valence-corrected chi connectivity index (χ1v) is 13.4. The van der Waals surface area contributed by atoms with Crippen LogP contribution < -0.4 is 21.2 Å². The fourth-order valence-corrected chi connectivity index (χ4v) is 3.50. The van der Waals surface area contributed by atoms with E-state index >= 15 is 0 Å². The number of rotatable bonds is 16. The summed E-state index contributed by atoms with van der Waals surface area (Å²) >= 11 is 0. The molecule has 0 bridgehead atoms. The number of aryl methyl sites for hydroxylation is 1. The Morgan fingerprint density at radius 2 is 1.76 bits per heavy atom. The van der Waals surface area contributed by atoms with Gasteiger partial charge >= 0.3 is 0 Å². The number of carboxylic acid groups (broad SMARTS) is 1. The number of carbonyl (C=O) groups is 2. The highest BCUT2D eigenvalue weighted by Crippen LogP contribution is 2.24. The molecule has 2 rings (SSSR count). The van der Waals surface area contributed by atoms with Gasteiger partial charge in [-0.2, -0.15) is 0 Å². The number of non-ortho nitro benzene ring substituents is 1. The monoisotopic (exact) mass is 592 g/mol. The van der Waals surface area contributed by atoms with Gasteiger partial charge in [0.25, 0.3) is 18.6 Å². The number of pyridine rings is 1. The molecular formula is C28H44N6O8. The molecule has 1 heterocycles. The first-order chi connectivity index (χ1) is 20.1. The van der Waals surface area contributed by atoms with Crippen LogP contribution in [-0.2, 0) is 25.5 Å². The van der Waals surface area contributed by atoms with Gasteiger partial charge in [-0.15, -0.1) is 0 Å². The molecule has 0 aliphatic heterocycles. The zero-order chi connectivity index (χ0) is 31.9. The van der Waals surface area contributed by atoms with Crippen molar-refractivity contribution in [3.8, 4) is 5.75 Å². The lowest BCUT2D eigenvalue weighted by Crippen LogP contribution is -2.31. The Bertz CT molecular complexity index is 1090. The van der Waals surface area contributed by atoms with E-state index in [0.29, 0.717) is 42.5 Å². The van der Waals surface area contributed by atoms with Crippen LogP contribution in [0.3, 0.4) is 0 Å². The van der Waals surface area contributed by atoms with E-state index in [-0.39, 0.29) is 18.8 Å². The molecule has 0 aliphatic rings. The molecular weight excluding hydrogens is 548 g/mol. The molecule has 42 heavy (non-hydrogen) atoms. The van der Waals surface area contributed by atoms with Crippen molar-refractivity contribution in [2.24, 2.45) is 11.6 Å². The average Bonchev–Trinajstić information content (AvgIpc) is 2.98. The predicted octanol–water partition coefficient (Wildman–Crippen LogP) is 3.20. The maximum atomic E-state index is 10.8. The summed E-state index contributed by atoms with van der Waals surface area (Å²) in [5, 5.41) is 19.1. The van der Waals surface area contributed by atoms with Gasteiger partial charge in [0.1, 0.15) is 12.4 Å². The first-order valence-electron chi connectivity index (χ1n) is 13.4. The Balaban J connectivity index is 0.00000186. The number of likely N-dealkylation sites (N-methyl/N-ethyl adjacent to an activating group) is 1. The Labute approximate surface area is 247 Å². The summed E-state index contributed by atoms with van der Waals surface area (Å²) in [6, 6.07) is 9.78. The van der Waals surface area contributed by atoms with Crippen molar-refractivity contribution in [3.63, 3.8) is 0 Å². The predicted molar refractivity (Wildman–Crippen MR) is 161 cm³/mol. The number of hydrazine groups is 1. The van der Waals surface area contributed by atoms with Gasteiger partial charge in [0.2, 0.25) is 0 Å². The van der Waals surface area contributed by atoms with E-state index in [4.69, 9.17) is 35.9 Å². The second kappa shape index (κ2) is 22.3. The normalized spacial score (nSPS) is 10.5. The highest BCUT2D eigenvalue weighted by atomic mass is 16.6. The van der Waals surface area contributed by atoms with E-state index in [2.05, 4.69) is 23.5 Å². The van der Waals surface area contributed by atoms with Gasteiger partial charge in [-0.25, -0.2) is 10.8 Å². The first kappa shape index (κ1) is 37.6. The molecule has 14 nitrogen and oxygen atoms in total. The lowest BCUT2D eigenvalue weighted by molar-refractivity contribution is -0.384. The SMILES string of the molecule is CCCCN(CCOC)c1ccc(/C(N)=C(\COc2ccc([N+](=O)[O-])cc2)N(C)N)nc1CC.CCOC=O.O=CO. The van der Waals surface area contributed by atoms with Crippen LogP contribution in [0.4, 0.5) is 11.4 Å². The van der Waals surface area contributed by atoms with Gasteiger partial charge in [-0.05, 0) is 44.0 Å². The number of hydrogen-bond donors (Lipinski definition) is 3. The average molecular weight is 593 g/mol. The van der Waals surface area contributed by atoms with E-state index in [1.807, 2.05) is 12.1 Å². The molecule has 0 spiro atoms. The molecule has 1 aromatic carbocycles. The van der Waals surface area contributed by atoms with Gasteiger partial charge in [-0.1, -0.05) is 20.3 Å². The van der Waals surface area contributed by atoms with E-state index in [0.717, 1.165) is 43.7 Å². The summed E-state index contributed by atoms with van der Waals surface area (Å²) in [5.41, 5.74) is 10.1. The van der Waals surface area contributed by atoms with E-state index in [1.165, 1.54) is 29.3 Å². The van der Waals surface area contributed by atoms with Crippen molar-refractivity contribution < 1.29 is 33.8 Å². The molecule has 5 N–H and O–H groups in total. The Morgan fingerprint density at radius 3 is 2.21 bits per heavy atom. The summed E-state index contributed by atoms with van der Waals surface area (Å²) in [7, 11) is 3.38. The largest absolute Gasteiger partial charge is 0.487 e. The molecule has 0 radical (unpaired) electrons. The maximum Gasteiger partial charge on any atom is 0.293 e. The fourth-order valence-electron chi connectivity index (χ4n) is 3.50. The lowest BCUT2D eigenvalue weighted by atomic mass is 10.1. The van der Waals surface area contributed by atoms with Crippen LogP contribution in [0.15, 0.2) is 42.1 Å². The van der Waals surface area contributed by atoms with E-state index in [1.54, 1.807) is 21.1 Å². The summed E-state index contributed by atoms with van der Waals surface area (Å²) in [6.45, 7) is 9.09. The van der Waals surface area contributed by atoms with E-state index in [9.17, 15) is 14.9 Å². The van der Waals surface area contributed by atoms with Crippen molar-refractivity contribution in [3.05, 3.63) is 63.6 Å². The number of nitrogens with two attached hydrogens (primary N) is 2. The Kier molecular flexibility index (Phi) is 19.9. The van der Waals surface area contributed by atoms with Crippen LogP contribution in [0.2, 0.25) is 0 Å². The maximum absolute atomic E-state index is 10.8. The molecule has 0 unspecified atom stereocenters. The summed E-state index contributed by atoms with van der Waals surface area (Å²) in [4.78, 5) is 35.1. The minimum Gasteiger partial charge on any atom is -0.487 e. The number of ether oxygens (including phenoxy) is 3. The third kappa shape index (κ3) is 13.8.